The van der Waals surface area contributed by atoms with Crippen LogP contribution in [0.5, 0.6) is 11.5 Å². The van der Waals surface area contributed by atoms with Gasteiger partial charge in [0.2, 0.25) is 0 Å². The molecule has 0 radical (unpaired) electrons. The number of anilines is 2. The van der Waals surface area contributed by atoms with Gasteiger partial charge in [-0.15, -0.1) is 0 Å². The monoisotopic (exact) mass is 904 g/mol. The minimum Gasteiger partial charge on any atom is -0.457 e. The molecule has 0 saturated carbocycles. The molecule has 3 aromatic heterocycles. The van der Waals surface area contributed by atoms with Crippen molar-refractivity contribution < 1.29 is 26.7 Å². The van der Waals surface area contributed by atoms with E-state index >= 15 is 0 Å². The van der Waals surface area contributed by atoms with Crippen LogP contribution in [0.3, 0.4) is 0 Å². The van der Waals surface area contributed by atoms with Gasteiger partial charge in [0.05, 0.1) is 41.5 Å². The number of rotatable bonds is 6. The second kappa shape index (κ2) is 16.0. The van der Waals surface area contributed by atoms with E-state index in [-0.39, 0.29) is 50.7 Å². The molecule has 0 N–H and O–H groups in total. The fraction of sp³-hybridized carbons (Fsp3) is 0.0781. The maximum Gasteiger partial charge on any atom is 0.137 e. The highest BCUT2D eigenvalue weighted by Gasteiger charge is 2.25. The van der Waals surface area contributed by atoms with E-state index in [1.54, 1.807) is 59.2 Å². The van der Waals surface area contributed by atoms with E-state index in [0.717, 1.165) is 66.4 Å². The molecule has 0 atom stereocenters. The lowest BCUT2D eigenvalue weighted by Gasteiger charge is -2.21. The third-order valence-corrected chi connectivity index (χ3v) is 13.3. The molecule has 9 aromatic carbocycles. The fourth-order valence-corrected chi connectivity index (χ4v) is 10.1. The Morgan fingerprint density at radius 1 is 0.522 bits per heavy atom. The highest BCUT2D eigenvalue weighted by Crippen LogP contribution is 2.45. The van der Waals surface area contributed by atoms with Crippen molar-refractivity contribution in [3.63, 3.8) is 0 Å². The van der Waals surface area contributed by atoms with Crippen molar-refractivity contribution in [1.82, 2.24) is 14.1 Å². The van der Waals surface area contributed by atoms with Crippen LogP contribution in [0.1, 0.15) is 44.2 Å². The maximum atomic E-state index is 8.81. The number of aromatic nitrogens is 3. The predicted molar refractivity (Wildman–Crippen MR) is 289 cm³/mol. The van der Waals surface area contributed by atoms with Gasteiger partial charge >= 0.3 is 0 Å². The molecule has 12 aromatic rings. The molecule has 0 fully saturated rings. The van der Waals surface area contributed by atoms with Crippen molar-refractivity contribution in [3.8, 4) is 39.6 Å². The Morgan fingerprint density at radius 3 is 2.06 bits per heavy atom. The van der Waals surface area contributed by atoms with Gasteiger partial charge in [0.25, 0.3) is 0 Å². The predicted octanol–water partition coefficient (Wildman–Crippen LogP) is 17.2. The Bertz CT molecular complexity index is 4930. The summed E-state index contributed by atoms with van der Waals surface area (Å²) in [6, 6.07) is 38.1. The first-order chi connectivity index (χ1) is 40.4. The largest absolute Gasteiger partial charge is 0.457 e. The molecule has 13 rings (SSSR count). The zero-order valence-electron chi connectivity index (χ0n) is 53.3. The number of hydrogen-bond acceptors (Lipinski definition) is 3. The molecule has 4 heterocycles. The third kappa shape index (κ3) is 6.64. The maximum absolute atomic E-state index is 8.81. The summed E-state index contributed by atoms with van der Waals surface area (Å²) in [5.41, 5.74) is 5.71. The Labute approximate surface area is 423 Å². The fourth-order valence-electron chi connectivity index (χ4n) is 10.1. The number of ether oxygens (including phenoxy) is 1. The van der Waals surface area contributed by atoms with Crippen LogP contribution in [0.15, 0.2) is 206 Å². The van der Waals surface area contributed by atoms with Crippen LogP contribution in [0.2, 0.25) is 0 Å². The first-order valence-electron chi connectivity index (χ1n) is 30.5. The molecule has 0 amide bonds. The second-order valence-corrected chi connectivity index (χ2v) is 17.4. The van der Waals surface area contributed by atoms with Gasteiger partial charge in [-0.2, -0.15) is 0 Å². The number of benzene rings is 9. The van der Waals surface area contributed by atoms with Gasteiger partial charge < -0.3 is 14.2 Å². The summed E-state index contributed by atoms with van der Waals surface area (Å²) >= 11 is 0. The summed E-state index contributed by atoms with van der Waals surface area (Å²) in [5.74, 6) is 0.215. The number of fused-ring (bicyclic) bond motifs is 10. The minimum atomic E-state index is -2.92. The second-order valence-electron chi connectivity index (χ2n) is 17.4. The summed E-state index contributed by atoms with van der Waals surface area (Å²) in [5, 5.41) is 7.43. The highest BCUT2D eigenvalue weighted by molar-refractivity contribution is 6.21. The first-order valence-corrected chi connectivity index (χ1v) is 22.5. The van der Waals surface area contributed by atoms with Gasteiger partial charge in [-0.05, 0) is 125 Å². The molecule has 0 aliphatic carbocycles. The Morgan fingerprint density at radius 2 is 1.25 bits per heavy atom. The lowest BCUT2D eigenvalue weighted by molar-refractivity contribution is 0.479. The van der Waals surface area contributed by atoms with Crippen molar-refractivity contribution in [2.45, 2.75) is 34.2 Å². The molecular weight excluding hydrogens is 841 g/mol. The van der Waals surface area contributed by atoms with Crippen LogP contribution < -0.4 is 9.64 Å². The van der Waals surface area contributed by atoms with E-state index in [0.29, 0.717) is 34.2 Å². The first kappa shape index (κ1) is 27.2. The zero-order valence-corrected chi connectivity index (χ0v) is 37.3. The number of aryl methyl sites for hydroxylation is 4. The van der Waals surface area contributed by atoms with Crippen molar-refractivity contribution in [3.05, 3.63) is 228 Å². The molecular formula is C64H48N4O. The van der Waals surface area contributed by atoms with Crippen molar-refractivity contribution in [2.24, 2.45) is 0 Å². The molecule has 1 aliphatic heterocycles. The molecule has 330 valence electrons. The molecule has 5 nitrogen and oxygen atoms in total. The molecule has 0 unspecified atom stereocenters. The Hall–Kier alpha value is -8.67. The number of pyridine rings is 1. The molecule has 1 aliphatic rings. The molecule has 0 spiro atoms. The topological polar surface area (TPSA) is 35.2 Å². The molecule has 69 heavy (non-hydrogen) atoms. The normalized spacial score (nSPS) is 15.9. The van der Waals surface area contributed by atoms with E-state index in [1.165, 1.54) is 6.07 Å². The van der Waals surface area contributed by atoms with Crippen LogP contribution in [-0.2, 0) is 6.67 Å². The van der Waals surface area contributed by atoms with Crippen molar-refractivity contribution >= 4 is 76.5 Å². The standard InChI is InChI=1S/C64H48N4O/c1-40-25-30-51-49-20-11-12-21-50(49)53-23-14-24-59-64(53)67(63-42(3)15-13-22-54(63)55(51)33-40)39-66(59)47-28-26-41(2)61(36-47)69-48-29-31-52-56-35-46(44-16-7-5-8-17-44)27-32-58(56)68(60(52)37-48)62-34-43(4)57(38-65-62)45-18-9-6-10-19-45/h5-38H,39H2,1-4H3/i2D3,4D3,5D,6D,7D,8D,9D,10D,16D,17D,18D,19D. The lowest BCUT2D eigenvalue weighted by Crippen LogP contribution is -2.15. The lowest BCUT2D eigenvalue weighted by atomic mass is 9.99. The Balaban J connectivity index is 1.01. The number of para-hydroxylation sites is 2. The van der Waals surface area contributed by atoms with Crippen LogP contribution in [0.25, 0.3) is 93.2 Å². The van der Waals surface area contributed by atoms with Crippen molar-refractivity contribution in [1.29, 1.82) is 0 Å². The van der Waals surface area contributed by atoms with Gasteiger partial charge in [-0.3, -0.25) is 4.57 Å². The zero-order chi connectivity index (χ0) is 60.0. The van der Waals surface area contributed by atoms with E-state index in [9.17, 15) is 0 Å². The average Bonchev–Trinajstić information content (AvgIpc) is 2.08. The quantitative estimate of drug-likeness (QED) is 0.167. The molecule has 0 bridgehead atoms. The van der Waals surface area contributed by atoms with Crippen LogP contribution in [0.4, 0.5) is 11.4 Å². The van der Waals surface area contributed by atoms with Crippen LogP contribution >= 0.6 is 0 Å². The van der Waals surface area contributed by atoms with Gasteiger partial charge in [0.15, 0.2) is 0 Å². The number of nitrogens with zero attached hydrogens (tertiary/aromatic N) is 4. The molecule has 0 saturated heterocycles. The van der Waals surface area contributed by atoms with E-state index in [1.807, 2.05) is 12.1 Å². The van der Waals surface area contributed by atoms with Crippen molar-refractivity contribution in [2.75, 3.05) is 4.90 Å². The van der Waals surface area contributed by atoms with E-state index < -0.39 is 74.1 Å². The highest BCUT2D eigenvalue weighted by atomic mass is 16.5. The van der Waals surface area contributed by atoms with Gasteiger partial charge in [-0.1, -0.05) is 151 Å². The average molecular weight is 905 g/mol. The molecule has 5 heteroatoms. The summed E-state index contributed by atoms with van der Waals surface area (Å²) in [7, 11) is 0. The van der Waals surface area contributed by atoms with Crippen LogP contribution in [0, 0.1) is 27.6 Å². The summed E-state index contributed by atoms with van der Waals surface area (Å²) in [6.45, 7) is -1.03. The summed E-state index contributed by atoms with van der Waals surface area (Å²) in [6.07, 6.45) is 1.16. The minimum absolute atomic E-state index is 0.0227. The van der Waals surface area contributed by atoms with Crippen LogP contribution in [-0.4, -0.2) is 14.1 Å². The van der Waals surface area contributed by atoms with E-state index in [2.05, 4.69) is 90.0 Å². The summed E-state index contributed by atoms with van der Waals surface area (Å²) in [4.78, 5) is 6.86. The van der Waals surface area contributed by atoms with Gasteiger partial charge in [-0.25, -0.2) is 4.98 Å². The number of hydrogen-bond donors (Lipinski definition) is 0. The summed E-state index contributed by atoms with van der Waals surface area (Å²) < 4.78 is 148. The SMILES string of the molecule is [2H]c1c([2H])c([2H])c(-c2ccc3c(c2)c2ccc(Oc4cc(N5Cn6c7c(C)cccc7c7cc(C)ccc7c7ccccc7c7cccc5c76)ccc4C([2H])([2H])[2H])cc2n3-c2cc(C([2H])([2H])[2H])c(-c3c([2H])c([2H])c([2H])c([2H])c3[2H])cn2)c([2H])c1[2H]. The van der Waals surface area contributed by atoms with Gasteiger partial charge in [0, 0.05) is 59.3 Å². The third-order valence-electron chi connectivity index (χ3n) is 13.3. The smallest absolute Gasteiger partial charge is 0.137 e. The van der Waals surface area contributed by atoms with E-state index in [4.69, 9.17) is 31.7 Å². The van der Waals surface area contributed by atoms with Gasteiger partial charge in [0.1, 0.15) is 24.0 Å². The Kier molecular flexibility index (Phi) is 6.31.